The summed E-state index contributed by atoms with van der Waals surface area (Å²) in [7, 11) is 2.93. The molecule has 1 heterocycles. The molecule has 180 valence electrons. The molecule has 1 amide bonds. The van der Waals surface area contributed by atoms with Crippen LogP contribution in [0.2, 0.25) is 0 Å². The molecular formula is C25H26FNO7. The molecule has 1 aliphatic rings. The molecule has 3 rings (SSSR count). The number of Topliss-reactive ketones (excluding diaryl/α,β-unsaturated/α-hetero) is 1. The lowest BCUT2D eigenvalue weighted by Gasteiger charge is -2.27. The zero-order valence-electron chi connectivity index (χ0n) is 18.9. The second kappa shape index (κ2) is 10.8. The number of hydrogen-bond acceptors (Lipinski definition) is 6. The molecule has 0 aliphatic carbocycles. The summed E-state index contributed by atoms with van der Waals surface area (Å²) in [5, 5.41) is 19.8. The summed E-state index contributed by atoms with van der Waals surface area (Å²) in [5.74, 6) is -2.62. The van der Waals surface area contributed by atoms with E-state index in [1.165, 1.54) is 31.3 Å². The van der Waals surface area contributed by atoms with Gasteiger partial charge in [-0.2, -0.15) is 0 Å². The van der Waals surface area contributed by atoms with Crippen LogP contribution in [0.15, 0.2) is 48.0 Å². The van der Waals surface area contributed by atoms with Crippen LogP contribution in [0, 0.1) is 5.82 Å². The van der Waals surface area contributed by atoms with Crippen LogP contribution in [0.4, 0.5) is 4.39 Å². The number of amides is 1. The molecule has 9 heteroatoms. The summed E-state index contributed by atoms with van der Waals surface area (Å²) in [4.78, 5) is 38.2. The normalized spacial score (nSPS) is 17.1. The molecule has 1 atom stereocenters. The number of ether oxygens (including phenoxy) is 2. The first-order valence-corrected chi connectivity index (χ1v) is 10.8. The minimum atomic E-state index is -0.953. The molecule has 2 aromatic carbocycles. The van der Waals surface area contributed by atoms with Crippen LogP contribution in [-0.4, -0.2) is 53.5 Å². The minimum Gasteiger partial charge on any atom is -0.507 e. The van der Waals surface area contributed by atoms with E-state index in [9.17, 15) is 23.9 Å². The number of benzene rings is 2. The van der Waals surface area contributed by atoms with Gasteiger partial charge in [-0.05, 0) is 49.2 Å². The maximum absolute atomic E-state index is 13.4. The van der Waals surface area contributed by atoms with E-state index >= 15 is 0 Å². The minimum absolute atomic E-state index is 0.0130. The first-order chi connectivity index (χ1) is 16.3. The molecule has 1 aliphatic heterocycles. The maximum atomic E-state index is 13.4. The standard InChI is InChI=1S/C25H26FNO7/c1-33-17-11-12-18(19(14-17)34-2)22-21(23(30)15-7-9-16(26)10-8-15)24(31)25(32)27(22)13-5-3-4-6-20(28)29/h7-12,14,22,30H,3-6,13H2,1-2H3,(H,28,29)/t22-/m0/s1. The van der Waals surface area contributed by atoms with Crippen LogP contribution >= 0.6 is 0 Å². The number of likely N-dealkylation sites (tertiary alicyclic amines) is 1. The molecule has 34 heavy (non-hydrogen) atoms. The number of carboxylic acid groups (broad SMARTS) is 1. The zero-order valence-corrected chi connectivity index (χ0v) is 18.9. The number of ketones is 1. The number of methoxy groups -OCH3 is 2. The highest BCUT2D eigenvalue weighted by molar-refractivity contribution is 6.46. The lowest BCUT2D eigenvalue weighted by molar-refractivity contribution is -0.140. The summed E-state index contributed by atoms with van der Waals surface area (Å²) >= 11 is 0. The van der Waals surface area contributed by atoms with E-state index in [2.05, 4.69) is 0 Å². The number of aliphatic carboxylic acids is 1. The molecule has 8 nitrogen and oxygen atoms in total. The van der Waals surface area contributed by atoms with Gasteiger partial charge >= 0.3 is 5.97 Å². The molecule has 2 N–H and O–H groups in total. The number of carbonyl (C=O) groups is 3. The largest absolute Gasteiger partial charge is 0.507 e. The fourth-order valence-electron chi connectivity index (χ4n) is 3.98. The van der Waals surface area contributed by atoms with E-state index in [4.69, 9.17) is 14.6 Å². The van der Waals surface area contributed by atoms with Gasteiger partial charge in [-0.3, -0.25) is 14.4 Å². The SMILES string of the molecule is COc1ccc([C@H]2C(=C(O)c3ccc(F)cc3)C(=O)C(=O)N2CCCCCC(=O)O)c(OC)c1. The van der Waals surface area contributed by atoms with Gasteiger partial charge < -0.3 is 24.6 Å². The van der Waals surface area contributed by atoms with Gasteiger partial charge in [-0.25, -0.2) is 4.39 Å². The fourth-order valence-corrected chi connectivity index (χ4v) is 3.98. The Kier molecular flexibility index (Phi) is 7.88. The number of unbranched alkanes of at least 4 members (excludes halogenated alkanes) is 2. The number of nitrogens with zero attached hydrogens (tertiary/aromatic N) is 1. The molecule has 0 unspecified atom stereocenters. The van der Waals surface area contributed by atoms with E-state index in [1.54, 1.807) is 18.2 Å². The molecule has 0 radical (unpaired) electrons. The van der Waals surface area contributed by atoms with Crippen molar-refractivity contribution >= 4 is 23.4 Å². The summed E-state index contributed by atoms with van der Waals surface area (Å²) in [6.07, 6.45) is 1.45. The van der Waals surface area contributed by atoms with Gasteiger partial charge in [0.25, 0.3) is 11.7 Å². The summed E-state index contributed by atoms with van der Waals surface area (Å²) in [5.41, 5.74) is 0.528. The number of aliphatic hydroxyl groups excluding tert-OH is 1. The van der Waals surface area contributed by atoms with E-state index in [0.717, 1.165) is 12.1 Å². The highest BCUT2D eigenvalue weighted by atomic mass is 19.1. The highest BCUT2D eigenvalue weighted by Crippen LogP contribution is 2.43. The predicted octanol–water partition coefficient (Wildman–Crippen LogP) is 3.91. The molecular weight excluding hydrogens is 445 g/mol. The lowest BCUT2D eigenvalue weighted by Crippen LogP contribution is -2.31. The molecule has 1 fully saturated rings. The van der Waals surface area contributed by atoms with Gasteiger partial charge in [0.2, 0.25) is 0 Å². The van der Waals surface area contributed by atoms with Gasteiger partial charge in [0.1, 0.15) is 23.1 Å². The third-order valence-electron chi connectivity index (χ3n) is 5.68. The number of carbonyl (C=O) groups excluding carboxylic acids is 2. The Morgan fingerprint density at radius 2 is 1.71 bits per heavy atom. The van der Waals surface area contributed by atoms with Gasteiger partial charge in [0.05, 0.1) is 25.8 Å². The lowest BCUT2D eigenvalue weighted by atomic mass is 9.94. The fraction of sp³-hybridized carbons (Fsp3) is 0.320. The number of halogens is 1. The number of carboxylic acids is 1. The van der Waals surface area contributed by atoms with E-state index in [1.807, 2.05) is 0 Å². The molecule has 0 bridgehead atoms. The van der Waals surface area contributed by atoms with Gasteiger partial charge in [-0.1, -0.05) is 6.42 Å². The Morgan fingerprint density at radius 1 is 1.00 bits per heavy atom. The third-order valence-corrected chi connectivity index (χ3v) is 5.68. The van der Waals surface area contributed by atoms with Gasteiger partial charge in [0, 0.05) is 30.2 Å². The van der Waals surface area contributed by atoms with Gasteiger partial charge in [-0.15, -0.1) is 0 Å². The first kappa shape index (κ1) is 24.8. The van der Waals surface area contributed by atoms with E-state index < -0.39 is 35.3 Å². The van der Waals surface area contributed by atoms with E-state index in [0.29, 0.717) is 36.3 Å². The Hall–Kier alpha value is -3.88. The Labute approximate surface area is 196 Å². The first-order valence-electron chi connectivity index (χ1n) is 10.8. The summed E-state index contributed by atoms with van der Waals surface area (Å²) < 4.78 is 24.1. The average molecular weight is 471 g/mol. The van der Waals surface area contributed by atoms with Crippen molar-refractivity contribution in [3.63, 3.8) is 0 Å². The van der Waals surface area contributed by atoms with E-state index in [-0.39, 0.29) is 24.1 Å². The molecule has 0 saturated carbocycles. The third kappa shape index (κ3) is 5.19. The van der Waals surface area contributed by atoms with Crippen molar-refractivity contribution in [2.24, 2.45) is 0 Å². The quantitative estimate of drug-likeness (QED) is 0.234. The number of aliphatic hydroxyl groups is 1. The molecule has 1 saturated heterocycles. The van der Waals surface area contributed by atoms with Crippen LogP contribution in [0.25, 0.3) is 5.76 Å². The monoisotopic (exact) mass is 471 g/mol. The number of rotatable bonds is 10. The van der Waals surface area contributed by atoms with Crippen molar-refractivity contribution in [3.05, 3.63) is 65.0 Å². The van der Waals surface area contributed by atoms with Crippen LogP contribution in [-0.2, 0) is 14.4 Å². The summed E-state index contributed by atoms with van der Waals surface area (Å²) in [6, 6.07) is 8.92. The van der Waals surface area contributed by atoms with Gasteiger partial charge in [0.15, 0.2) is 0 Å². The molecule has 2 aromatic rings. The topological polar surface area (TPSA) is 113 Å². The summed E-state index contributed by atoms with van der Waals surface area (Å²) in [6.45, 7) is 0.171. The van der Waals surface area contributed by atoms with Crippen molar-refractivity contribution in [2.75, 3.05) is 20.8 Å². The smallest absolute Gasteiger partial charge is 0.303 e. The Bertz CT molecular complexity index is 1110. The van der Waals surface area contributed by atoms with Crippen molar-refractivity contribution in [3.8, 4) is 11.5 Å². The van der Waals surface area contributed by atoms with Crippen molar-refractivity contribution in [2.45, 2.75) is 31.7 Å². The van der Waals surface area contributed by atoms with Crippen LogP contribution in [0.5, 0.6) is 11.5 Å². The van der Waals surface area contributed by atoms with Crippen LogP contribution < -0.4 is 9.47 Å². The maximum Gasteiger partial charge on any atom is 0.303 e. The highest BCUT2D eigenvalue weighted by Gasteiger charge is 2.46. The van der Waals surface area contributed by atoms with Crippen LogP contribution in [0.1, 0.15) is 42.9 Å². The predicted molar refractivity (Wildman–Crippen MR) is 121 cm³/mol. The Morgan fingerprint density at radius 3 is 2.32 bits per heavy atom. The van der Waals surface area contributed by atoms with Crippen molar-refractivity contribution in [1.29, 1.82) is 0 Å². The zero-order chi connectivity index (χ0) is 24.8. The molecule has 0 aromatic heterocycles. The van der Waals surface area contributed by atoms with Crippen molar-refractivity contribution in [1.82, 2.24) is 4.90 Å². The second-order valence-corrected chi connectivity index (χ2v) is 7.81. The Balaban J connectivity index is 2.06. The molecule has 0 spiro atoms. The van der Waals surface area contributed by atoms with Crippen LogP contribution in [0.3, 0.4) is 0 Å². The average Bonchev–Trinajstić information content (AvgIpc) is 3.08. The van der Waals surface area contributed by atoms with Crippen molar-refractivity contribution < 1.29 is 38.5 Å². The number of hydrogen-bond donors (Lipinski definition) is 2. The second-order valence-electron chi connectivity index (χ2n) is 7.81.